The molecule has 0 unspecified atom stereocenters. The van der Waals surface area contributed by atoms with Crippen LogP contribution in [0.2, 0.25) is 0 Å². The van der Waals surface area contributed by atoms with Crippen molar-refractivity contribution < 1.29 is 127 Å². The third-order valence-corrected chi connectivity index (χ3v) is 12.9. The second kappa shape index (κ2) is 25.1. The molecule has 0 amide bonds. The molecule has 0 spiro atoms. The quantitative estimate of drug-likeness (QED) is 0.0266. The molecule has 0 aromatic heterocycles. The monoisotopic (exact) mass is 1030 g/mol. The van der Waals surface area contributed by atoms with Crippen molar-refractivity contribution in [2.75, 3.05) is 22.9 Å². The summed E-state index contributed by atoms with van der Waals surface area (Å²) in [6, 6.07) is 18.7. The number of azo groups is 4. The van der Waals surface area contributed by atoms with Crippen LogP contribution in [-0.2, 0) is 40.5 Å². The zero-order chi connectivity index (χ0) is 49.9. The fraction of sp³-hybridized carbons (Fsp3) is 0.0500. The van der Waals surface area contributed by atoms with Crippen molar-refractivity contribution in [3.05, 3.63) is 119 Å². The van der Waals surface area contributed by atoms with Crippen molar-refractivity contribution >= 4 is 121 Å². The number of benzene rings is 6. The van der Waals surface area contributed by atoms with Crippen molar-refractivity contribution in [3.8, 4) is 0 Å². The van der Waals surface area contributed by atoms with Gasteiger partial charge in [0.1, 0.15) is 63.2 Å². The largest absolute Gasteiger partial charge is 1.00 e. The van der Waals surface area contributed by atoms with E-state index in [1.54, 1.807) is 13.8 Å². The second-order valence-electron chi connectivity index (χ2n) is 14.2. The van der Waals surface area contributed by atoms with Crippen LogP contribution in [0.5, 0.6) is 0 Å². The number of nitrogens with two attached hydrogens (primary N) is 4. The molecular formula is C40H32Li4N12O12S4. The molecule has 0 atom stereocenters. The van der Waals surface area contributed by atoms with Crippen LogP contribution in [0.1, 0.15) is 22.3 Å². The van der Waals surface area contributed by atoms with E-state index in [-0.39, 0.29) is 155 Å². The molecule has 0 aliphatic carbocycles. The van der Waals surface area contributed by atoms with E-state index in [2.05, 4.69) is 40.9 Å². The number of nitrogen functional groups attached to an aromatic ring is 4. The van der Waals surface area contributed by atoms with Gasteiger partial charge in [0, 0.05) is 0 Å². The summed E-state index contributed by atoms with van der Waals surface area (Å²) < 4.78 is 142. The van der Waals surface area contributed by atoms with E-state index >= 15 is 0 Å². The molecule has 6 rings (SSSR count). The molecule has 0 heterocycles. The van der Waals surface area contributed by atoms with Gasteiger partial charge in [-0.15, -0.1) is 20.5 Å². The van der Waals surface area contributed by atoms with Gasteiger partial charge in [0.05, 0.1) is 65.1 Å². The Labute approximate surface area is 460 Å². The van der Waals surface area contributed by atoms with Gasteiger partial charge in [-0.1, -0.05) is 24.3 Å². The van der Waals surface area contributed by atoms with Gasteiger partial charge in [0.15, 0.2) is 0 Å². The van der Waals surface area contributed by atoms with E-state index in [4.69, 9.17) is 22.9 Å². The summed E-state index contributed by atoms with van der Waals surface area (Å²) in [5.74, 6) is 0. The van der Waals surface area contributed by atoms with E-state index in [9.17, 15) is 51.9 Å². The third kappa shape index (κ3) is 15.6. The van der Waals surface area contributed by atoms with Gasteiger partial charge in [-0.25, -0.2) is 33.7 Å². The fourth-order valence-electron chi connectivity index (χ4n) is 5.86. The van der Waals surface area contributed by atoms with Crippen molar-refractivity contribution in [2.24, 2.45) is 40.9 Å². The molecule has 6 aromatic carbocycles. The van der Waals surface area contributed by atoms with Crippen molar-refractivity contribution in [3.63, 3.8) is 0 Å². The maximum atomic E-state index is 12.4. The van der Waals surface area contributed by atoms with Crippen LogP contribution in [0, 0.1) is 13.8 Å². The summed E-state index contributed by atoms with van der Waals surface area (Å²) in [7, 11) is -19.8. The van der Waals surface area contributed by atoms with Gasteiger partial charge >= 0.3 is 75.4 Å². The van der Waals surface area contributed by atoms with Crippen LogP contribution in [0.4, 0.5) is 68.2 Å². The Balaban J connectivity index is 0.00000444. The molecule has 6 aromatic rings. The number of hydrogen-bond acceptors (Lipinski definition) is 24. The maximum Gasteiger partial charge on any atom is 1.00 e. The fourth-order valence-corrected chi connectivity index (χ4v) is 8.18. The Morgan fingerprint density at radius 1 is 0.375 bits per heavy atom. The smallest absolute Gasteiger partial charge is 0.744 e. The Hall–Kier alpha value is -5.31. The van der Waals surface area contributed by atoms with E-state index in [0.29, 0.717) is 11.1 Å². The minimum absolute atomic E-state index is 0. The number of nitrogens with zero attached hydrogens (tertiary/aromatic N) is 8. The summed E-state index contributed by atoms with van der Waals surface area (Å²) in [6.07, 6.45) is 2.14. The molecule has 0 saturated carbocycles. The second-order valence-corrected chi connectivity index (χ2v) is 19.6. The molecule has 0 aliphatic rings. The molecular weight excluding hydrogens is 997 g/mol. The van der Waals surface area contributed by atoms with E-state index in [0.717, 1.165) is 60.7 Å². The van der Waals surface area contributed by atoms with Crippen molar-refractivity contribution in [2.45, 2.75) is 33.4 Å². The zero-order valence-corrected chi connectivity index (χ0v) is 42.1. The predicted octanol–water partition coefficient (Wildman–Crippen LogP) is -3.90. The van der Waals surface area contributed by atoms with E-state index in [1.807, 2.05) is 0 Å². The molecule has 32 heteroatoms. The third-order valence-electron chi connectivity index (χ3n) is 9.43. The molecule has 8 N–H and O–H groups in total. The number of hydrogen-bond donors (Lipinski definition) is 4. The minimum Gasteiger partial charge on any atom is -0.744 e. The van der Waals surface area contributed by atoms with Crippen LogP contribution < -0.4 is 98.4 Å². The van der Waals surface area contributed by atoms with Crippen LogP contribution in [0.25, 0.3) is 12.2 Å². The predicted molar refractivity (Wildman–Crippen MR) is 243 cm³/mol. The summed E-state index contributed by atoms with van der Waals surface area (Å²) >= 11 is 0. The number of anilines is 4. The van der Waals surface area contributed by atoms with E-state index < -0.39 is 60.1 Å². The van der Waals surface area contributed by atoms with Gasteiger partial charge < -0.3 is 41.1 Å². The molecule has 352 valence electrons. The molecule has 0 bridgehead atoms. The van der Waals surface area contributed by atoms with Crippen LogP contribution in [-0.4, -0.2) is 51.9 Å². The first-order valence-corrected chi connectivity index (χ1v) is 24.4. The Morgan fingerprint density at radius 3 is 0.958 bits per heavy atom. The Morgan fingerprint density at radius 2 is 0.667 bits per heavy atom. The molecule has 0 saturated heterocycles. The molecule has 72 heavy (non-hydrogen) atoms. The van der Waals surface area contributed by atoms with Gasteiger partial charge in [-0.2, -0.15) is 20.5 Å². The standard InChI is InChI=1S/C40H36N12O12S4.4Li/c1-21-17-31(49-45-25-9-13-29(14-10-25)65(53,54)55)37(43)39(35(21)41)51-47-27-7-5-23(33(19-27)67(59,60)61)3-4-24-6-8-28(20-34(24)68(62,63)64)48-52-40-36(42)22(2)18-32(38(40)44)50-46-26-11-15-30(16-12-26)66(56,57)58;;;;/h3-20H,41-44H2,1-2H3,(H,53,54,55)(H,56,57,58)(H,59,60,61)(H,62,63,64);;;;/q;4*+1/p-4/b4-3+,49-45?,50-46?,51-47?,52-48?;;;;. The average molecular weight is 1030 g/mol. The minimum atomic E-state index is -5.24. The maximum absolute atomic E-state index is 12.4. The van der Waals surface area contributed by atoms with Gasteiger partial charge in [-0.05, 0) is 121 Å². The van der Waals surface area contributed by atoms with Crippen LogP contribution in [0.15, 0.2) is 158 Å². The summed E-state index contributed by atoms with van der Waals surface area (Å²) in [5.41, 5.74) is 25.1. The van der Waals surface area contributed by atoms with Crippen molar-refractivity contribution in [1.29, 1.82) is 0 Å². The SMILES string of the molecule is Cc1cc(N=Nc2ccc(S(=O)(=O)[O-])cc2)c(N)c(N=Nc2ccc(/C=C/c3ccc(N=Nc4c(N)c(C)cc(N=Nc5ccc(S(=O)(=O)[O-])cc5)c4N)cc3S(=O)(=O)[O-])c(S(=O)(=O)[O-])c2)c1N.[Li+].[Li+].[Li+].[Li+]. The first kappa shape index (κ1) is 62.8. The van der Waals surface area contributed by atoms with Crippen LogP contribution in [0.3, 0.4) is 0 Å². The van der Waals surface area contributed by atoms with Gasteiger partial charge in [0.2, 0.25) is 0 Å². The molecule has 0 radical (unpaired) electrons. The van der Waals surface area contributed by atoms with Crippen LogP contribution >= 0.6 is 0 Å². The van der Waals surface area contributed by atoms with E-state index in [1.165, 1.54) is 48.5 Å². The molecule has 0 fully saturated rings. The zero-order valence-electron chi connectivity index (χ0n) is 38.8. The van der Waals surface area contributed by atoms with Gasteiger partial charge in [-0.3, -0.25) is 0 Å². The first-order chi connectivity index (χ1) is 31.7. The Bertz CT molecular complexity index is 3410. The molecule has 24 nitrogen and oxygen atoms in total. The normalized spacial score (nSPS) is 12.2. The summed E-state index contributed by atoms with van der Waals surface area (Å²) in [5, 5.41) is 32.2. The van der Waals surface area contributed by atoms with Crippen molar-refractivity contribution in [1.82, 2.24) is 0 Å². The topological polar surface area (TPSA) is 432 Å². The summed E-state index contributed by atoms with van der Waals surface area (Å²) in [6.45, 7) is 3.19. The summed E-state index contributed by atoms with van der Waals surface area (Å²) in [4.78, 5) is -2.56. The number of aryl methyl sites for hydroxylation is 2. The first-order valence-electron chi connectivity index (χ1n) is 18.7. The average Bonchev–Trinajstić information content (AvgIpc) is 3.26. The van der Waals surface area contributed by atoms with Gasteiger partial charge in [0.25, 0.3) is 0 Å². The Kier molecular flexibility index (Phi) is 21.9. The number of rotatable bonds is 14. The molecule has 0 aliphatic heterocycles.